The number of thiazole rings is 1. The number of rotatable bonds is 7. The molecule has 5 heteroatoms. The summed E-state index contributed by atoms with van der Waals surface area (Å²) < 4.78 is 0. The molecule has 3 aromatic rings. The molecule has 2 aromatic heterocycles. The van der Waals surface area contributed by atoms with Gasteiger partial charge in [-0.05, 0) is 62.6 Å². The van der Waals surface area contributed by atoms with Crippen LogP contribution in [0.25, 0.3) is 10.9 Å². The van der Waals surface area contributed by atoms with Gasteiger partial charge in [0.25, 0.3) is 0 Å². The summed E-state index contributed by atoms with van der Waals surface area (Å²) in [6, 6.07) is 9.85. The van der Waals surface area contributed by atoms with E-state index in [0.29, 0.717) is 12.3 Å². The first-order valence-corrected chi connectivity index (χ1v) is 13.1. The third kappa shape index (κ3) is 4.79. The lowest BCUT2D eigenvalue weighted by atomic mass is 9.78. The van der Waals surface area contributed by atoms with Crippen LogP contribution in [-0.2, 0) is 19.4 Å². The van der Waals surface area contributed by atoms with Crippen molar-refractivity contribution in [1.82, 2.24) is 14.9 Å². The van der Waals surface area contributed by atoms with E-state index < -0.39 is 0 Å². The predicted molar refractivity (Wildman–Crippen MR) is 131 cm³/mol. The number of benzene rings is 1. The quantitative estimate of drug-likeness (QED) is 0.412. The van der Waals surface area contributed by atoms with E-state index in [2.05, 4.69) is 16.8 Å². The van der Waals surface area contributed by atoms with Crippen molar-refractivity contribution in [2.24, 2.45) is 11.8 Å². The number of ketones is 1. The Kier molecular flexibility index (Phi) is 6.65. The third-order valence-electron chi connectivity index (χ3n) is 7.39. The average molecular weight is 448 g/mol. The molecule has 1 aliphatic heterocycles. The molecule has 1 aromatic carbocycles. The number of hydrogen-bond donors (Lipinski definition) is 0. The molecule has 0 radical (unpaired) electrons. The molecule has 0 unspecified atom stereocenters. The maximum atomic E-state index is 13.0. The van der Waals surface area contributed by atoms with Crippen LogP contribution in [0.5, 0.6) is 0 Å². The first kappa shape index (κ1) is 21.7. The third-order valence-corrected chi connectivity index (χ3v) is 8.70. The van der Waals surface area contributed by atoms with E-state index in [1.165, 1.54) is 67.2 Å². The molecule has 0 N–H and O–H groups in total. The lowest BCUT2D eigenvalue weighted by molar-refractivity contribution is 0.0941. The Morgan fingerprint density at radius 3 is 2.81 bits per heavy atom. The lowest BCUT2D eigenvalue weighted by Crippen LogP contribution is -2.32. The molecule has 1 saturated carbocycles. The number of carbonyl (C=O) groups excluding carboxylic acids is 1. The number of Topliss-reactive ketones (excluding diaryl/α,β-unsaturated/α-hetero) is 1. The van der Waals surface area contributed by atoms with E-state index in [0.717, 1.165) is 35.3 Å². The van der Waals surface area contributed by atoms with Gasteiger partial charge in [0.05, 0.1) is 16.2 Å². The van der Waals surface area contributed by atoms with E-state index in [4.69, 9.17) is 4.98 Å². The molecule has 0 bridgehead atoms. The van der Waals surface area contributed by atoms with Gasteiger partial charge in [0.2, 0.25) is 0 Å². The van der Waals surface area contributed by atoms with Gasteiger partial charge in [0, 0.05) is 41.5 Å². The molecular weight excluding hydrogens is 414 g/mol. The number of fused-ring (bicyclic) bond motifs is 2. The number of nitrogens with zero attached hydrogens (tertiary/aromatic N) is 3. The predicted octanol–water partition coefficient (Wildman–Crippen LogP) is 6.08. The maximum absolute atomic E-state index is 13.0. The van der Waals surface area contributed by atoms with Crippen molar-refractivity contribution in [1.29, 1.82) is 0 Å². The van der Waals surface area contributed by atoms with Gasteiger partial charge in [-0.1, -0.05) is 38.0 Å². The highest BCUT2D eigenvalue weighted by atomic mass is 32.1. The molecule has 0 spiro atoms. The molecule has 0 saturated heterocycles. The second kappa shape index (κ2) is 9.80. The van der Waals surface area contributed by atoms with Gasteiger partial charge in [0.15, 0.2) is 5.78 Å². The van der Waals surface area contributed by atoms with Gasteiger partial charge >= 0.3 is 0 Å². The molecule has 1 fully saturated rings. The van der Waals surface area contributed by atoms with Gasteiger partial charge < -0.3 is 0 Å². The van der Waals surface area contributed by atoms with Crippen LogP contribution in [0.3, 0.4) is 0 Å². The Morgan fingerprint density at radius 1 is 1.12 bits per heavy atom. The van der Waals surface area contributed by atoms with E-state index in [9.17, 15) is 4.79 Å². The van der Waals surface area contributed by atoms with Crippen LogP contribution < -0.4 is 0 Å². The zero-order chi connectivity index (χ0) is 21.9. The summed E-state index contributed by atoms with van der Waals surface area (Å²) in [5, 5.41) is 2.29. The van der Waals surface area contributed by atoms with Gasteiger partial charge in [-0.15, -0.1) is 11.3 Å². The fraction of sp³-hybridized carbons (Fsp3) is 0.519. The standard InChI is InChI=1S/C27H33N3OS/c1-2-27-29-24-18-30(16-13-26(24)32-27)15-12-19-8-10-20(11-9-19)17-25(31)22-5-3-7-23-21(22)6-4-14-28-23/h3-7,14,19-20H,2,8-13,15-18H2,1H3. The van der Waals surface area contributed by atoms with Crippen LogP contribution in [-0.4, -0.2) is 33.7 Å². The molecule has 32 heavy (non-hydrogen) atoms. The Labute approximate surface area is 195 Å². The summed E-state index contributed by atoms with van der Waals surface area (Å²) in [4.78, 5) is 26.4. The minimum Gasteiger partial charge on any atom is -0.297 e. The summed E-state index contributed by atoms with van der Waals surface area (Å²) in [7, 11) is 0. The highest BCUT2D eigenvalue weighted by Gasteiger charge is 2.26. The van der Waals surface area contributed by atoms with Crippen molar-refractivity contribution in [2.45, 2.75) is 64.8 Å². The number of aryl methyl sites for hydroxylation is 1. The van der Waals surface area contributed by atoms with Crippen molar-refractivity contribution < 1.29 is 4.79 Å². The highest BCUT2D eigenvalue weighted by Crippen LogP contribution is 2.34. The molecule has 4 nitrogen and oxygen atoms in total. The minimum absolute atomic E-state index is 0.283. The average Bonchev–Trinajstić information content (AvgIpc) is 3.26. The van der Waals surface area contributed by atoms with Crippen molar-refractivity contribution >= 4 is 28.0 Å². The van der Waals surface area contributed by atoms with E-state index in [1.807, 2.05) is 41.7 Å². The highest BCUT2D eigenvalue weighted by molar-refractivity contribution is 7.11. The van der Waals surface area contributed by atoms with Crippen molar-refractivity contribution in [2.75, 3.05) is 13.1 Å². The number of aromatic nitrogens is 2. The molecule has 0 atom stereocenters. The second-order valence-corrected chi connectivity index (χ2v) is 10.7. The van der Waals surface area contributed by atoms with Crippen LogP contribution in [0.1, 0.15) is 71.4 Å². The fourth-order valence-electron chi connectivity index (χ4n) is 5.46. The number of pyridine rings is 1. The Balaban J connectivity index is 1.09. The summed E-state index contributed by atoms with van der Waals surface area (Å²) in [5.74, 6) is 1.63. The molecule has 5 rings (SSSR count). The van der Waals surface area contributed by atoms with E-state index >= 15 is 0 Å². The molecule has 168 valence electrons. The first-order chi connectivity index (χ1) is 15.7. The van der Waals surface area contributed by atoms with Crippen LogP contribution in [0.15, 0.2) is 36.5 Å². The zero-order valence-corrected chi connectivity index (χ0v) is 19.9. The molecule has 3 heterocycles. The van der Waals surface area contributed by atoms with Gasteiger partial charge in [-0.2, -0.15) is 0 Å². The topological polar surface area (TPSA) is 46.1 Å². The monoisotopic (exact) mass is 447 g/mol. The Hall–Kier alpha value is -2.11. The minimum atomic E-state index is 0.283. The molecule has 2 aliphatic rings. The first-order valence-electron chi connectivity index (χ1n) is 12.3. The molecule has 0 amide bonds. The smallest absolute Gasteiger partial charge is 0.163 e. The SMILES string of the molecule is CCc1nc2c(s1)CCN(CCC1CCC(CC(=O)c3cccc4ncccc34)CC1)C2. The van der Waals surface area contributed by atoms with Crippen LogP contribution >= 0.6 is 11.3 Å². The lowest BCUT2D eigenvalue weighted by Gasteiger charge is -2.31. The van der Waals surface area contributed by atoms with Crippen LogP contribution in [0.4, 0.5) is 0 Å². The van der Waals surface area contributed by atoms with Crippen molar-refractivity contribution in [3.05, 3.63) is 57.7 Å². The van der Waals surface area contributed by atoms with Crippen LogP contribution in [0, 0.1) is 11.8 Å². The summed E-state index contributed by atoms with van der Waals surface area (Å²) >= 11 is 1.92. The summed E-state index contributed by atoms with van der Waals surface area (Å²) in [6.07, 6.45) is 10.9. The van der Waals surface area contributed by atoms with Crippen LogP contribution in [0.2, 0.25) is 0 Å². The van der Waals surface area contributed by atoms with Gasteiger partial charge in [-0.25, -0.2) is 4.98 Å². The Bertz CT molecular complexity index is 1080. The summed E-state index contributed by atoms with van der Waals surface area (Å²) in [5.41, 5.74) is 3.09. The van der Waals surface area contributed by atoms with Gasteiger partial charge in [-0.3, -0.25) is 14.7 Å². The van der Waals surface area contributed by atoms with Crippen molar-refractivity contribution in [3.8, 4) is 0 Å². The molecular formula is C27H33N3OS. The normalized spacial score (nSPS) is 21.5. The van der Waals surface area contributed by atoms with Crippen molar-refractivity contribution in [3.63, 3.8) is 0 Å². The zero-order valence-electron chi connectivity index (χ0n) is 19.1. The largest absolute Gasteiger partial charge is 0.297 e. The number of hydrogen-bond acceptors (Lipinski definition) is 5. The van der Waals surface area contributed by atoms with Gasteiger partial charge in [0.1, 0.15) is 0 Å². The fourth-order valence-corrected chi connectivity index (χ4v) is 6.46. The van der Waals surface area contributed by atoms with E-state index in [-0.39, 0.29) is 5.78 Å². The maximum Gasteiger partial charge on any atom is 0.163 e. The Morgan fingerprint density at radius 2 is 1.97 bits per heavy atom. The molecule has 1 aliphatic carbocycles. The van der Waals surface area contributed by atoms with E-state index in [1.54, 1.807) is 6.20 Å². The summed E-state index contributed by atoms with van der Waals surface area (Å²) in [6.45, 7) is 5.61. The second-order valence-electron chi connectivity index (χ2n) is 9.54. The number of carbonyl (C=O) groups is 1.